The molecule has 1 aromatic rings. The number of aliphatic hydroxyl groups is 1. The van der Waals surface area contributed by atoms with Crippen LogP contribution in [0.25, 0.3) is 0 Å². The lowest BCUT2D eigenvalue weighted by Gasteiger charge is -2.20. The highest BCUT2D eigenvalue weighted by atomic mass is 16.3. The Morgan fingerprint density at radius 3 is 2.58 bits per heavy atom. The molecule has 0 bridgehead atoms. The van der Waals surface area contributed by atoms with Crippen molar-refractivity contribution in [2.75, 3.05) is 37.3 Å². The first-order valence-electron chi connectivity index (χ1n) is 6.64. The second kappa shape index (κ2) is 8.50. The van der Waals surface area contributed by atoms with Crippen molar-refractivity contribution < 1.29 is 9.90 Å². The maximum absolute atomic E-state index is 11.9. The first-order valence-corrected chi connectivity index (χ1v) is 6.64. The van der Waals surface area contributed by atoms with Crippen LogP contribution < -0.4 is 11.1 Å². The summed E-state index contributed by atoms with van der Waals surface area (Å²) in [5.41, 5.74) is 6.99. The third kappa shape index (κ3) is 6.22. The van der Waals surface area contributed by atoms with Gasteiger partial charge in [0.15, 0.2) is 0 Å². The fraction of sp³-hybridized carbons (Fsp3) is 0.500. The number of hydrogen-bond acceptors (Lipinski definition) is 4. The van der Waals surface area contributed by atoms with E-state index < -0.39 is 0 Å². The highest BCUT2D eigenvalue weighted by Gasteiger charge is 2.09. The molecule has 19 heavy (non-hydrogen) atoms. The Morgan fingerprint density at radius 2 is 2.00 bits per heavy atom. The molecule has 106 valence electrons. The Kier molecular flexibility index (Phi) is 6.92. The van der Waals surface area contributed by atoms with Gasteiger partial charge >= 0.3 is 0 Å². The number of nitrogens with one attached hydrogen (secondary N) is 1. The van der Waals surface area contributed by atoms with E-state index in [0.717, 1.165) is 25.1 Å². The molecule has 0 radical (unpaired) electrons. The van der Waals surface area contributed by atoms with E-state index in [4.69, 9.17) is 10.8 Å². The average Bonchev–Trinajstić information content (AvgIpc) is 2.39. The predicted octanol–water partition coefficient (Wildman–Crippen LogP) is 1.30. The Bertz CT molecular complexity index is 379. The van der Waals surface area contributed by atoms with Crippen LogP contribution in [-0.4, -0.2) is 42.2 Å². The van der Waals surface area contributed by atoms with Crippen molar-refractivity contribution >= 4 is 17.3 Å². The summed E-state index contributed by atoms with van der Waals surface area (Å²) in [6.07, 6.45) is 2.09. The molecule has 0 aliphatic carbocycles. The number of anilines is 2. The molecule has 0 atom stereocenters. The number of carbonyl (C=O) groups is 1. The van der Waals surface area contributed by atoms with Crippen LogP contribution >= 0.6 is 0 Å². The van der Waals surface area contributed by atoms with Crippen LogP contribution in [0.5, 0.6) is 0 Å². The molecule has 0 aliphatic rings. The van der Waals surface area contributed by atoms with Gasteiger partial charge in [0.25, 0.3) is 0 Å². The van der Waals surface area contributed by atoms with Crippen molar-refractivity contribution in [3.8, 4) is 0 Å². The largest absolute Gasteiger partial charge is 0.399 e. The van der Waals surface area contributed by atoms with E-state index in [1.807, 2.05) is 4.90 Å². The number of nitrogens with two attached hydrogens (primary N) is 1. The molecular weight excluding hydrogens is 242 g/mol. The summed E-state index contributed by atoms with van der Waals surface area (Å²) in [5, 5.41) is 11.8. The minimum absolute atomic E-state index is 0.0683. The van der Waals surface area contributed by atoms with E-state index >= 15 is 0 Å². The number of benzene rings is 1. The topological polar surface area (TPSA) is 78.6 Å². The average molecular weight is 265 g/mol. The Morgan fingerprint density at radius 1 is 1.32 bits per heavy atom. The molecule has 4 N–H and O–H groups in total. The summed E-state index contributed by atoms with van der Waals surface area (Å²) >= 11 is 0. The van der Waals surface area contributed by atoms with Crippen molar-refractivity contribution in [1.82, 2.24) is 4.90 Å². The molecular formula is C14H23N3O2. The molecule has 0 unspecified atom stereocenters. The third-order valence-corrected chi connectivity index (χ3v) is 2.81. The summed E-state index contributed by atoms with van der Waals surface area (Å²) in [7, 11) is 0. The summed E-state index contributed by atoms with van der Waals surface area (Å²) < 4.78 is 0. The zero-order valence-corrected chi connectivity index (χ0v) is 11.4. The quantitative estimate of drug-likeness (QED) is 0.619. The van der Waals surface area contributed by atoms with Crippen molar-refractivity contribution in [2.24, 2.45) is 0 Å². The van der Waals surface area contributed by atoms with Crippen LogP contribution in [0.4, 0.5) is 11.4 Å². The van der Waals surface area contributed by atoms with E-state index in [2.05, 4.69) is 12.2 Å². The van der Waals surface area contributed by atoms with Gasteiger partial charge in [-0.05, 0) is 37.2 Å². The van der Waals surface area contributed by atoms with Gasteiger partial charge in [-0.3, -0.25) is 9.69 Å². The van der Waals surface area contributed by atoms with Crippen LogP contribution in [0.1, 0.15) is 19.8 Å². The van der Waals surface area contributed by atoms with Crippen molar-refractivity contribution in [3.63, 3.8) is 0 Å². The lowest BCUT2D eigenvalue weighted by atomic mass is 10.3. The minimum atomic E-state index is -0.0747. The van der Waals surface area contributed by atoms with Gasteiger partial charge in [-0.2, -0.15) is 0 Å². The number of aliphatic hydroxyl groups excluding tert-OH is 1. The smallest absolute Gasteiger partial charge is 0.238 e. The summed E-state index contributed by atoms with van der Waals surface area (Å²) in [4.78, 5) is 13.8. The van der Waals surface area contributed by atoms with Crippen LogP contribution in [0.15, 0.2) is 24.3 Å². The Hall–Kier alpha value is -1.59. The molecule has 0 saturated heterocycles. The fourth-order valence-electron chi connectivity index (χ4n) is 1.76. The number of nitrogens with zero attached hydrogens (tertiary/aromatic N) is 1. The lowest BCUT2D eigenvalue weighted by molar-refractivity contribution is -0.117. The first-order chi connectivity index (χ1) is 9.15. The van der Waals surface area contributed by atoms with Gasteiger partial charge in [0, 0.05) is 17.9 Å². The van der Waals surface area contributed by atoms with E-state index in [9.17, 15) is 4.79 Å². The van der Waals surface area contributed by atoms with Gasteiger partial charge in [0.2, 0.25) is 5.91 Å². The maximum atomic E-state index is 11.9. The van der Waals surface area contributed by atoms with Gasteiger partial charge in [-0.25, -0.2) is 0 Å². The predicted molar refractivity (Wildman–Crippen MR) is 77.9 cm³/mol. The van der Waals surface area contributed by atoms with Crippen molar-refractivity contribution in [1.29, 1.82) is 0 Å². The van der Waals surface area contributed by atoms with E-state index in [-0.39, 0.29) is 12.5 Å². The highest BCUT2D eigenvalue weighted by molar-refractivity contribution is 5.92. The highest BCUT2D eigenvalue weighted by Crippen LogP contribution is 2.10. The van der Waals surface area contributed by atoms with Gasteiger partial charge in [-0.15, -0.1) is 0 Å². The number of nitrogen functional groups attached to an aromatic ring is 1. The van der Waals surface area contributed by atoms with Gasteiger partial charge < -0.3 is 16.2 Å². The second-order valence-electron chi connectivity index (χ2n) is 4.52. The Labute approximate surface area is 114 Å². The van der Waals surface area contributed by atoms with Crippen LogP contribution in [0, 0.1) is 0 Å². The van der Waals surface area contributed by atoms with E-state index in [0.29, 0.717) is 18.8 Å². The van der Waals surface area contributed by atoms with E-state index in [1.165, 1.54) is 0 Å². The number of rotatable bonds is 8. The zero-order chi connectivity index (χ0) is 14.1. The first kappa shape index (κ1) is 15.5. The molecule has 5 heteroatoms. The van der Waals surface area contributed by atoms with Crippen LogP contribution in [0.3, 0.4) is 0 Å². The molecule has 1 amide bonds. The minimum Gasteiger partial charge on any atom is -0.399 e. The summed E-state index contributed by atoms with van der Waals surface area (Å²) in [6.45, 7) is 3.82. The Balaban J connectivity index is 2.45. The number of hydrogen-bond donors (Lipinski definition) is 3. The number of amides is 1. The molecule has 0 heterocycles. The van der Waals surface area contributed by atoms with Gasteiger partial charge in [-0.1, -0.05) is 13.3 Å². The summed E-state index contributed by atoms with van der Waals surface area (Å²) in [5.74, 6) is -0.0747. The SMILES string of the molecule is CCCCN(CCO)CC(=O)Nc1ccc(N)cc1. The van der Waals surface area contributed by atoms with Crippen molar-refractivity contribution in [2.45, 2.75) is 19.8 Å². The van der Waals surface area contributed by atoms with Crippen LogP contribution in [0.2, 0.25) is 0 Å². The number of carbonyl (C=O) groups excluding carboxylic acids is 1. The monoisotopic (exact) mass is 265 g/mol. The number of unbranched alkanes of at least 4 members (excludes halogenated alkanes) is 1. The standard InChI is InChI=1S/C14H23N3O2/c1-2-3-8-17(9-10-18)11-14(19)16-13-6-4-12(15)5-7-13/h4-7,18H,2-3,8-11,15H2,1H3,(H,16,19). The normalized spacial score (nSPS) is 10.7. The molecule has 0 aliphatic heterocycles. The molecule has 0 saturated carbocycles. The lowest BCUT2D eigenvalue weighted by Crippen LogP contribution is -2.35. The maximum Gasteiger partial charge on any atom is 0.238 e. The van der Waals surface area contributed by atoms with Gasteiger partial charge in [0.1, 0.15) is 0 Å². The molecule has 1 aromatic carbocycles. The molecule has 0 aromatic heterocycles. The summed E-state index contributed by atoms with van der Waals surface area (Å²) in [6, 6.07) is 7.04. The van der Waals surface area contributed by atoms with Gasteiger partial charge in [0.05, 0.1) is 13.2 Å². The molecule has 5 nitrogen and oxygen atoms in total. The second-order valence-corrected chi connectivity index (χ2v) is 4.52. The molecule has 0 fully saturated rings. The van der Waals surface area contributed by atoms with Crippen molar-refractivity contribution in [3.05, 3.63) is 24.3 Å². The fourth-order valence-corrected chi connectivity index (χ4v) is 1.76. The third-order valence-electron chi connectivity index (χ3n) is 2.81. The zero-order valence-electron chi connectivity index (χ0n) is 11.4. The van der Waals surface area contributed by atoms with Crippen LogP contribution in [-0.2, 0) is 4.79 Å². The van der Waals surface area contributed by atoms with E-state index in [1.54, 1.807) is 24.3 Å². The molecule has 1 rings (SSSR count). The molecule has 0 spiro atoms.